The quantitative estimate of drug-likeness (QED) is 0.712. The molecule has 0 unspecified atom stereocenters. The van der Waals surface area contributed by atoms with Crippen LogP contribution in [0.5, 0.6) is 0 Å². The molecule has 0 aromatic carbocycles. The molecule has 15 heavy (non-hydrogen) atoms. The minimum absolute atomic E-state index is 0.0141. The van der Waals surface area contributed by atoms with Gasteiger partial charge in [-0.1, -0.05) is 20.8 Å². The first-order valence-electron chi connectivity index (χ1n) is 4.97. The van der Waals surface area contributed by atoms with Crippen molar-refractivity contribution >= 4 is 16.7 Å². The Hall–Kier alpha value is -1.58. The highest BCUT2D eigenvalue weighted by atomic mass is 15.1. The van der Waals surface area contributed by atoms with Gasteiger partial charge >= 0.3 is 0 Å². The molecule has 2 aromatic heterocycles. The lowest BCUT2D eigenvalue weighted by molar-refractivity contribution is 0.526. The number of nitrogens with zero attached hydrogens (tertiary/aromatic N) is 3. The van der Waals surface area contributed by atoms with Gasteiger partial charge in [0.15, 0.2) is 0 Å². The number of aryl methyl sites for hydroxylation is 1. The highest BCUT2D eigenvalue weighted by Gasteiger charge is 2.21. The van der Waals surface area contributed by atoms with Crippen LogP contribution in [0, 0.1) is 0 Å². The van der Waals surface area contributed by atoms with Crippen LogP contribution in [0.3, 0.4) is 0 Å². The Labute approximate surface area is 89.1 Å². The molecule has 0 aliphatic heterocycles. The monoisotopic (exact) mass is 204 g/mol. The summed E-state index contributed by atoms with van der Waals surface area (Å²) in [6, 6.07) is 0. The fourth-order valence-corrected chi connectivity index (χ4v) is 1.79. The Kier molecular flexibility index (Phi) is 1.96. The summed E-state index contributed by atoms with van der Waals surface area (Å²) in [6.07, 6.45) is 3.44. The van der Waals surface area contributed by atoms with Crippen LogP contribution in [-0.2, 0) is 12.5 Å². The predicted octanol–water partition coefficient (Wildman–Crippen LogP) is 1.85. The van der Waals surface area contributed by atoms with Gasteiger partial charge < -0.3 is 10.3 Å². The molecule has 80 valence electrons. The molecule has 2 rings (SSSR count). The second-order valence-electron chi connectivity index (χ2n) is 4.84. The van der Waals surface area contributed by atoms with E-state index in [1.54, 1.807) is 12.4 Å². The molecule has 0 bridgehead atoms. The SMILES string of the molecule is Cn1c(C(C)(C)C)nc2c(N)cncc21. The van der Waals surface area contributed by atoms with E-state index in [-0.39, 0.29) is 5.41 Å². The van der Waals surface area contributed by atoms with Crippen LogP contribution in [-0.4, -0.2) is 14.5 Å². The minimum Gasteiger partial charge on any atom is -0.396 e. The van der Waals surface area contributed by atoms with E-state index in [2.05, 4.69) is 35.3 Å². The fraction of sp³-hybridized carbons (Fsp3) is 0.455. The molecule has 0 amide bonds. The summed E-state index contributed by atoms with van der Waals surface area (Å²) in [6.45, 7) is 6.41. The number of nitrogen functional groups attached to an aromatic ring is 1. The second kappa shape index (κ2) is 2.95. The molecule has 4 heteroatoms. The molecule has 4 nitrogen and oxygen atoms in total. The van der Waals surface area contributed by atoms with Gasteiger partial charge in [0.1, 0.15) is 11.3 Å². The van der Waals surface area contributed by atoms with E-state index in [9.17, 15) is 0 Å². The Balaban J connectivity index is 2.81. The van der Waals surface area contributed by atoms with E-state index in [1.165, 1.54) is 0 Å². The second-order valence-corrected chi connectivity index (χ2v) is 4.84. The van der Waals surface area contributed by atoms with E-state index in [0.29, 0.717) is 5.69 Å². The zero-order valence-electron chi connectivity index (χ0n) is 9.57. The van der Waals surface area contributed by atoms with Crippen LogP contribution in [0.4, 0.5) is 5.69 Å². The first kappa shape index (κ1) is 9.96. The summed E-state index contributed by atoms with van der Waals surface area (Å²) in [7, 11) is 2.00. The molecular weight excluding hydrogens is 188 g/mol. The van der Waals surface area contributed by atoms with Crippen molar-refractivity contribution in [1.29, 1.82) is 0 Å². The Morgan fingerprint density at radius 1 is 1.27 bits per heavy atom. The molecule has 0 saturated heterocycles. The molecule has 2 heterocycles. The average molecular weight is 204 g/mol. The highest BCUT2D eigenvalue weighted by molar-refractivity contribution is 5.86. The van der Waals surface area contributed by atoms with Gasteiger partial charge in [-0.05, 0) is 0 Å². The lowest BCUT2D eigenvalue weighted by Gasteiger charge is -2.17. The van der Waals surface area contributed by atoms with Gasteiger partial charge in [-0.15, -0.1) is 0 Å². The Morgan fingerprint density at radius 2 is 1.93 bits per heavy atom. The van der Waals surface area contributed by atoms with Crippen LogP contribution in [0.1, 0.15) is 26.6 Å². The van der Waals surface area contributed by atoms with E-state index >= 15 is 0 Å². The van der Waals surface area contributed by atoms with Crippen molar-refractivity contribution in [3.05, 3.63) is 18.2 Å². The van der Waals surface area contributed by atoms with E-state index < -0.39 is 0 Å². The molecule has 0 spiro atoms. The van der Waals surface area contributed by atoms with Gasteiger partial charge in [-0.25, -0.2) is 4.98 Å². The van der Waals surface area contributed by atoms with Gasteiger partial charge in [0.25, 0.3) is 0 Å². The largest absolute Gasteiger partial charge is 0.396 e. The van der Waals surface area contributed by atoms with Crippen LogP contribution >= 0.6 is 0 Å². The zero-order chi connectivity index (χ0) is 11.2. The van der Waals surface area contributed by atoms with Crippen molar-refractivity contribution in [1.82, 2.24) is 14.5 Å². The van der Waals surface area contributed by atoms with Gasteiger partial charge in [0.2, 0.25) is 0 Å². The number of imidazole rings is 1. The van der Waals surface area contributed by atoms with Gasteiger partial charge in [0.05, 0.1) is 23.6 Å². The number of nitrogens with two attached hydrogens (primary N) is 1. The van der Waals surface area contributed by atoms with Crippen molar-refractivity contribution in [3.63, 3.8) is 0 Å². The number of pyridine rings is 1. The zero-order valence-corrected chi connectivity index (χ0v) is 9.57. The normalized spacial score (nSPS) is 12.3. The third-order valence-electron chi connectivity index (χ3n) is 2.49. The highest BCUT2D eigenvalue weighted by Crippen LogP contribution is 2.26. The smallest absolute Gasteiger partial charge is 0.115 e. The summed E-state index contributed by atoms with van der Waals surface area (Å²) in [4.78, 5) is 8.66. The van der Waals surface area contributed by atoms with Crippen LogP contribution < -0.4 is 5.73 Å². The van der Waals surface area contributed by atoms with E-state index in [0.717, 1.165) is 16.9 Å². The average Bonchev–Trinajstić information content (AvgIpc) is 2.45. The van der Waals surface area contributed by atoms with Gasteiger partial charge in [-0.3, -0.25) is 4.98 Å². The Morgan fingerprint density at radius 3 is 2.47 bits per heavy atom. The third-order valence-corrected chi connectivity index (χ3v) is 2.49. The van der Waals surface area contributed by atoms with E-state index in [4.69, 9.17) is 5.73 Å². The lowest BCUT2D eigenvalue weighted by Crippen LogP contribution is -2.17. The van der Waals surface area contributed by atoms with Crippen molar-refractivity contribution in [2.75, 3.05) is 5.73 Å². The van der Waals surface area contributed by atoms with Gasteiger partial charge in [0, 0.05) is 12.5 Å². The molecule has 0 fully saturated rings. The van der Waals surface area contributed by atoms with Gasteiger partial charge in [-0.2, -0.15) is 0 Å². The first-order chi connectivity index (χ1) is 6.91. The number of fused-ring (bicyclic) bond motifs is 1. The topological polar surface area (TPSA) is 56.7 Å². The molecule has 2 N–H and O–H groups in total. The maximum absolute atomic E-state index is 5.84. The predicted molar refractivity (Wildman–Crippen MR) is 61.6 cm³/mol. The van der Waals surface area contributed by atoms with Crippen LogP contribution in [0.25, 0.3) is 11.0 Å². The standard InChI is InChI=1S/C11H16N4/c1-11(2,3)10-14-9-7(12)5-13-6-8(9)15(10)4/h5-6H,12H2,1-4H3. The number of rotatable bonds is 0. The maximum atomic E-state index is 5.84. The van der Waals surface area contributed by atoms with E-state index in [1.807, 2.05) is 7.05 Å². The maximum Gasteiger partial charge on any atom is 0.115 e. The summed E-state index contributed by atoms with van der Waals surface area (Å²) < 4.78 is 2.05. The molecular formula is C11H16N4. The number of hydrogen-bond acceptors (Lipinski definition) is 3. The first-order valence-corrected chi connectivity index (χ1v) is 4.97. The van der Waals surface area contributed by atoms with Crippen LogP contribution in [0.2, 0.25) is 0 Å². The molecule has 0 aliphatic carbocycles. The Bertz CT molecular complexity index is 505. The molecule has 0 radical (unpaired) electrons. The molecule has 0 saturated carbocycles. The van der Waals surface area contributed by atoms with Crippen molar-refractivity contribution in [2.24, 2.45) is 7.05 Å². The van der Waals surface area contributed by atoms with Crippen molar-refractivity contribution in [2.45, 2.75) is 26.2 Å². The molecule has 0 atom stereocenters. The minimum atomic E-state index is 0.0141. The van der Waals surface area contributed by atoms with Crippen molar-refractivity contribution in [3.8, 4) is 0 Å². The third kappa shape index (κ3) is 1.46. The number of hydrogen-bond donors (Lipinski definition) is 1. The number of aromatic nitrogens is 3. The summed E-state index contributed by atoms with van der Waals surface area (Å²) in [5, 5.41) is 0. The number of anilines is 1. The summed E-state index contributed by atoms with van der Waals surface area (Å²) in [5.74, 6) is 1.03. The van der Waals surface area contributed by atoms with Crippen LogP contribution in [0.15, 0.2) is 12.4 Å². The summed E-state index contributed by atoms with van der Waals surface area (Å²) in [5.41, 5.74) is 8.33. The fourth-order valence-electron chi connectivity index (χ4n) is 1.79. The summed E-state index contributed by atoms with van der Waals surface area (Å²) >= 11 is 0. The molecule has 2 aromatic rings. The molecule has 0 aliphatic rings. The van der Waals surface area contributed by atoms with Crippen molar-refractivity contribution < 1.29 is 0 Å². The lowest BCUT2D eigenvalue weighted by atomic mass is 9.96.